The lowest BCUT2D eigenvalue weighted by Crippen LogP contribution is -2.31. The van der Waals surface area contributed by atoms with Gasteiger partial charge in [0.1, 0.15) is 5.75 Å². The molecule has 2 aromatic heterocycles. The van der Waals surface area contributed by atoms with Crippen molar-refractivity contribution in [3.05, 3.63) is 83.3 Å². The second-order valence-corrected chi connectivity index (χ2v) is 8.20. The highest BCUT2D eigenvalue weighted by atomic mass is 19.4. The second kappa shape index (κ2) is 8.90. The zero-order valence-electron chi connectivity index (χ0n) is 18.4. The van der Waals surface area contributed by atoms with Gasteiger partial charge in [-0.3, -0.25) is 10.00 Å². The van der Waals surface area contributed by atoms with E-state index >= 15 is 0 Å². The number of nitrogens with zero attached hydrogens (tertiary/aromatic N) is 4. The van der Waals surface area contributed by atoms with Gasteiger partial charge in [-0.1, -0.05) is 12.1 Å². The summed E-state index contributed by atoms with van der Waals surface area (Å²) in [6.45, 7) is 2.22. The fourth-order valence-electron chi connectivity index (χ4n) is 4.14. The summed E-state index contributed by atoms with van der Waals surface area (Å²) in [4.78, 5) is 11.4. The second-order valence-electron chi connectivity index (χ2n) is 8.20. The lowest BCUT2D eigenvalue weighted by molar-refractivity contribution is -0.137. The molecule has 0 radical (unpaired) electrons. The molecule has 0 aliphatic carbocycles. The molecule has 0 saturated carbocycles. The standard InChI is InChI=1S/C25H22F3N5O/c1-34-21-8-4-16(5-9-21)23-19(13-30-32-23)15-33-11-10-22-18(14-33)12-29-24(31-22)17-2-6-20(7-3-17)25(26,27)28/h2-9,12-13H,10-11,14-15H2,1H3,(H,30,32). The van der Waals surface area contributed by atoms with Crippen molar-refractivity contribution in [1.29, 1.82) is 0 Å². The number of alkyl halides is 3. The van der Waals surface area contributed by atoms with Crippen molar-refractivity contribution in [2.75, 3.05) is 13.7 Å². The zero-order valence-corrected chi connectivity index (χ0v) is 18.4. The number of methoxy groups -OCH3 is 1. The van der Waals surface area contributed by atoms with E-state index in [1.807, 2.05) is 30.5 Å². The summed E-state index contributed by atoms with van der Waals surface area (Å²) in [5, 5.41) is 7.33. The van der Waals surface area contributed by atoms with Gasteiger partial charge in [0.15, 0.2) is 5.82 Å². The van der Waals surface area contributed by atoms with Crippen molar-refractivity contribution in [1.82, 2.24) is 25.1 Å². The Morgan fingerprint density at radius 1 is 1.00 bits per heavy atom. The van der Waals surface area contributed by atoms with E-state index in [2.05, 4.69) is 25.1 Å². The highest BCUT2D eigenvalue weighted by molar-refractivity contribution is 5.63. The number of hydrogen-bond acceptors (Lipinski definition) is 5. The average molecular weight is 465 g/mol. The Bertz CT molecular complexity index is 1280. The van der Waals surface area contributed by atoms with Crippen LogP contribution in [0.25, 0.3) is 22.6 Å². The SMILES string of the molecule is COc1ccc(-c2[nH]ncc2CN2CCc3nc(-c4ccc(C(F)(F)F)cc4)ncc3C2)cc1. The summed E-state index contributed by atoms with van der Waals surface area (Å²) < 4.78 is 43.7. The van der Waals surface area contributed by atoms with E-state index in [9.17, 15) is 13.2 Å². The van der Waals surface area contributed by atoms with Crippen LogP contribution in [0.15, 0.2) is 60.9 Å². The molecule has 3 heterocycles. The Labute approximate surface area is 194 Å². The number of halogens is 3. The zero-order chi connectivity index (χ0) is 23.7. The van der Waals surface area contributed by atoms with E-state index in [1.165, 1.54) is 12.1 Å². The summed E-state index contributed by atoms with van der Waals surface area (Å²) in [5.74, 6) is 1.24. The highest BCUT2D eigenvalue weighted by Gasteiger charge is 2.30. The number of H-pyrrole nitrogens is 1. The normalized spacial score (nSPS) is 14.1. The molecule has 1 aliphatic rings. The molecular weight excluding hydrogens is 443 g/mol. The van der Waals surface area contributed by atoms with Crippen LogP contribution >= 0.6 is 0 Å². The summed E-state index contributed by atoms with van der Waals surface area (Å²) in [6, 6.07) is 12.8. The van der Waals surface area contributed by atoms with Crippen LogP contribution in [0.2, 0.25) is 0 Å². The van der Waals surface area contributed by atoms with Crippen LogP contribution in [-0.2, 0) is 25.7 Å². The molecule has 34 heavy (non-hydrogen) atoms. The first-order valence-corrected chi connectivity index (χ1v) is 10.8. The molecule has 2 aromatic carbocycles. The predicted molar refractivity (Wildman–Crippen MR) is 121 cm³/mol. The van der Waals surface area contributed by atoms with Gasteiger partial charge in [0, 0.05) is 54.5 Å². The van der Waals surface area contributed by atoms with Crippen LogP contribution in [0.1, 0.15) is 22.4 Å². The van der Waals surface area contributed by atoms with E-state index in [0.29, 0.717) is 17.9 Å². The molecule has 174 valence electrons. The Morgan fingerprint density at radius 3 is 2.44 bits per heavy atom. The summed E-state index contributed by atoms with van der Waals surface area (Å²) in [6.07, 6.45) is 0.00265. The minimum absolute atomic E-state index is 0.442. The fourth-order valence-corrected chi connectivity index (χ4v) is 4.14. The summed E-state index contributed by atoms with van der Waals surface area (Å²) in [5.41, 5.74) is 4.95. The van der Waals surface area contributed by atoms with Gasteiger partial charge in [-0.25, -0.2) is 9.97 Å². The van der Waals surface area contributed by atoms with Gasteiger partial charge in [-0.15, -0.1) is 0 Å². The quantitative estimate of drug-likeness (QED) is 0.443. The highest BCUT2D eigenvalue weighted by Crippen LogP contribution is 2.31. The number of aromatic amines is 1. The minimum atomic E-state index is -4.36. The van der Waals surface area contributed by atoms with Crippen molar-refractivity contribution in [3.8, 4) is 28.4 Å². The van der Waals surface area contributed by atoms with E-state index in [1.54, 1.807) is 13.3 Å². The Hall–Kier alpha value is -3.72. The fraction of sp³-hybridized carbons (Fsp3) is 0.240. The molecule has 5 rings (SSSR count). The molecule has 0 bridgehead atoms. The Kier molecular flexibility index (Phi) is 5.79. The molecule has 1 N–H and O–H groups in total. The van der Waals surface area contributed by atoms with Crippen molar-refractivity contribution < 1.29 is 17.9 Å². The van der Waals surface area contributed by atoms with Gasteiger partial charge < -0.3 is 4.74 Å². The summed E-state index contributed by atoms with van der Waals surface area (Å²) in [7, 11) is 1.64. The third-order valence-corrected chi connectivity index (χ3v) is 5.97. The van der Waals surface area contributed by atoms with Crippen LogP contribution in [0.3, 0.4) is 0 Å². The van der Waals surface area contributed by atoms with Crippen LogP contribution in [0, 0.1) is 0 Å². The molecule has 6 nitrogen and oxygen atoms in total. The first-order chi connectivity index (χ1) is 16.4. The number of ether oxygens (including phenoxy) is 1. The number of benzene rings is 2. The molecule has 0 unspecified atom stereocenters. The van der Waals surface area contributed by atoms with Crippen molar-refractivity contribution in [3.63, 3.8) is 0 Å². The third kappa shape index (κ3) is 4.51. The lowest BCUT2D eigenvalue weighted by atomic mass is 10.0. The topological polar surface area (TPSA) is 66.9 Å². The smallest absolute Gasteiger partial charge is 0.416 e. The average Bonchev–Trinajstić information content (AvgIpc) is 3.31. The number of hydrogen-bond donors (Lipinski definition) is 1. The van der Waals surface area contributed by atoms with E-state index in [-0.39, 0.29) is 0 Å². The Morgan fingerprint density at radius 2 is 1.74 bits per heavy atom. The van der Waals surface area contributed by atoms with Crippen molar-refractivity contribution in [2.45, 2.75) is 25.7 Å². The van der Waals surface area contributed by atoms with Crippen LogP contribution in [-0.4, -0.2) is 38.7 Å². The predicted octanol–water partition coefficient (Wildman–Crippen LogP) is 5.12. The maximum Gasteiger partial charge on any atom is 0.416 e. The van der Waals surface area contributed by atoms with Crippen molar-refractivity contribution >= 4 is 0 Å². The van der Waals surface area contributed by atoms with Gasteiger partial charge in [-0.2, -0.15) is 18.3 Å². The maximum atomic E-state index is 12.8. The van der Waals surface area contributed by atoms with Gasteiger partial charge in [0.2, 0.25) is 0 Å². The molecule has 0 fully saturated rings. The number of rotatable bonds is 5. The largest absolute Gasteiger partial charge is 0.497 e. The number of aromatic nitrogens is 4. The Balaban J connectivity index is 1.30. The molecule has 1 aliphatic heterocycles. The van der Waals surface area contributed by atoms with Crippen molar-refractivity contribution in [2.24, 2.45) is 0 Å². The number of fused-ring (bicyclic) bond motifs is 1. The van der Waals surface area contributed by atoms with E-state index in [0.717, 1.165) is 65.5 Å². The van der Waals surface area contributed by atoms with Crippen LogP contribution in [0.4, 0.5) is 13.2 Å². The first-order valence-electron chi connectivity index (χ1n) is 10.8. The molecule has 0 spiro atoms. The van der Waals surface area contributed by atoms with E-state index < -0.39 is 11.7 Å². The number of nitrogens with one attached hydrogen (secondary N) is 1. The minimum Gasteiger partial charge on any atom is -0.497 e. The molecule has 4 aromatic rings. The van der Waals surface area contributed by atoms with Gasteiger partial charge in [-0.05, 0) is 36.4 Å². The molecule has 0 amide bonds. The van der Waals surface area contributed by atoms with Gasteiger partial charge in [0.25, 0.3) is 0 Å². The van der Waals surface area contributed by atoms with E-state index in [4.69, 9.17) is 4.74 Å². The maximum absolute atomic E-state index is 12.8. The third-order valence-electron chi connectivity index (χ3n) is 5.97. The molecule has 0 saturated heterocycles. The summed E-state index contributed by atoms with van der Waals surface area (Å²) >= 11 is 0. The molecular formula is C25H22F3N5O. The lowest BCUT2D eigenvalue weighted by Gasteiger charge is -2.28. The molecule has 9 heteroatoms. The van der Waals surface area contributed by atoms with Gasteiger partial charge in [0.05, 0.1) is 30.3 Å². The monoisotopic (exact) mass is 465 g/mol. The van der Waals surface area contributed by atoms with Crippen LogP contribution < -0.4 is 4.74 Å². The first kappa shape index (κ1) is 22.1. The van der Waals surface area contributed by atoms with Gasteiger partial charge >= 0.3 is 6.18 Å². The molecule has 0 atom stereocenters. The van der Waals surface area contributed by atoms with Crippen LogP contribution in [0.5, 0.6) is 5.75 Å².